The van der Waals surface area contributed by atoms with E-state index < -0.39 is 0 Å². The molecule has 0 saturated heterocycles. The third-order valence-electron chi connectivity index (χ3n) is 2.41. The van der Waals surface area contributed by atoms with E-state index in [1.807, 2.05) is 0 Å². The van der Waals surface area contributed by atoms with Gasteiger partial charge in [0.05, 0.1) is 6.10 Å². The number of unbranched alkanes of at least 4 members (excludes halogenated alkanes) is 4. The number of rotatable bonds is 11. The van der Waals surface area contributed by atoms with Gasteiger partial charge in [-0.2, -0.15) is 0 Å². The minimum absolute atomic E-state index is 0.381. The summed E-state index contributed by atoms with van der Waals surface area (Å²) in [5.41, 5.74) is 0. The molecule has 2 heteroatoms. The van der Waals surface area contributed by atoms with E-state index in [4.69, 9.17) is 4.74 Å². The van der Waals surface area contributed by atoms with E-state index in [9.17, 15) is 0 Å². The molecule has 0 bridgehead atoms. The molecule has 2 nitrogen and oxygen atoms in total. The van der Waals surface area contributed by atoms with Gasteiger partial charge in [0.25, 0.3) is 0 Å². The summed E-state index contributed by atoms with van der Waals surface area (Å²) in [4.78, 5) is 0. The van der Waals surface area contributed by atoms with Gasteiger partial charge in [0.2, 0.25) is 0 Å². The maximum atomic E-state index is 5.47. The predicted octanol–water partition coefficient (Wildman–Crippen LogP) is 3.36. The van der Waals surface area contributed by atoms with Gasteiger partial charge in [-0.15, -0.1) is 0 Å². The Hall–Kier alpha value is -0.0800. The fraction of sp³-hybridized carbons (Fsp3) is 1.00. The molecule has 15 heavy (non-hydrogen) atoms. The van der Waals surface area contributed by atoms with Gasteiger partial charge in [0.15, 0.2) is 0 Å². The number of ether oxygens (including phenoxy) is 1. The highest BCUT2D eigenvalue weighted by molar-refractivity contribution is 4.50. The lowest BCUT2D eigenvalue weighted by molar-refractivity contribution is 0.0760. The van der Waals surface area contributed by atoms with Crippen molar-refractivity contribution < 1.29 is 4.74 Å². The molecule has 1 N–H and O–H groups in total. The van der Waals surface area contributed by atoms with Crippen LogP contribution in [0.2, 0.25) is 0 Å². The maximum Gasteiger partial charge on any atom is 0.0518 e. The molecule has 0 atom stereocenters. The monoisotopic (exact) mass is 215 g/mol. The molecule has 0 rings (SSSR count). The molecular formula is C13H29NO. The highest BCUT2D eigenvalue weighted by Crippen LogP contribution is 1.97. The van der Waals surface area contributed by atoms with Gasteiger partial charge in [-0.3, -0.25) is 0 Å². The minimum atomic E-state index is 0.381. The van der Waals surface area contributed by atoms with E-state index in [0.29, 0.717) is 6.10 Å². The Labute approximate surface area is 95.8 Å². The second kappa shape index (κ2) is 12.0. The maximum absolute atomic E-state index is 5.47. The smallest absolute Gasteiger partial charge is 0.0518 e. The molecule has 0 aliphatic heterocycles. The molecule has 0 fully saturated rings. The lowest BCUT2D eigenvalue weighted by Gasteiger charge is -2.07. The molecule has 0 radical (unpaired) electrons. The van der Waals surface area contributed by atoms with Crippen molar-refractivity contribution in [3.8, 4) is 0 Å². The van der Waals surface area contributed by atoms with Gasteiger partial charge >= 0.3 is 0 Å². The standard InChI is InChI=1S/C13H29NO/c1-4-5-6-7-10-14-11-8-9-12-15-13(2)3/h13-14H,4-12H2,1-3H3. The Kier molecular flexibility index (Phi) is 11.9. The molecule has 0 unspecified atom stereocenters. The van der Waals surface area contributed by atoms with Crippen LogP contribution in [0.15, 0.2) is 0 Å². The summed E-state index contributed by atoms with van der Waals surface area (Å²) in [5.74, 6) is 0. The van der Waals surface area contributed by atoms with E-state index in [-0.39, 0.29) is 0 Å². The van der Waals surface area contributed by atoms with Crippen LogP contribution in [0.4, 0.5) is 0 Å². The van der Waals surface area contributed by atoms with Crippen molar-refractivity contribution in [2.75, 3.05) is 19.7 Å². The first-order valence-electron chi connectivity index (χ1n) is 6.59. The molecule has 0 aliphatic carbocycles. The van der Waals surface area contributed by atoms with E-state index in [2.05, 4.69) is 26.1 Å². The summed E-state index contributed by atoms with van der Waals surface area (Å²) >= 11 is 0. The predicted molar refractivity (Wildman–Crippen MR) is 67.3 cm³/mol. The zero-order valence-corrected chi connectivity index (χ0v) is 10.8. The van der Waals surface area contributed by atoms with E-state index in [1.165, 1.54) is 45.1 Å². The van der Waals surface area contributed by atoms with E-state index >= 15 is 0 Å². The van der Waals surface area contributed by atoms with Crippen LogP contribution >= 0.6 is 0 Å². The normalized spacial score (nSPS) is 11.2. The Bertz CT molecular complexity index is 115. The number of nitrogens with one attached hydrogen (secondary N) is 1. The molecule has 0 aromatic carbocycles. The second-order valence-electron chi connectivity index (χ2n) is 4.44. The van der Waals surface area contributed by atoms with Gasteiger partial charge in [0.1, 0.15) is 0 Å². The Morgan fingerprint density at radius 1 is 0.933 bits per heavy atom. The van der Waals surface area contributed by atoms with Crippen LogP contribution in [0, 0.1) is 0 Å². The van der Waals surface area contributed by atoms with Gasteiger partial charge in [0, 0.05) is 6.61 Å². The van der Waals surface area contributed by atoms with Crippen LogP contribution in [-0.4, -0.2) is 25.8 Å². The van der Waals surface area contributed by atoms with Crippen molar-refractivity contribution in [2.45, 2.75) is 65.4 Å². The molecule has 0 heterocycles. The quantitative estimate of drug-likeness (QED) is 0.534. The van der Waals surface area contributed by atoms with Crippen LogP contribution in [-0.2, 0) is 4.74 Å². The summed E-state index contributed by atoms with van der Waals surface area (Å²) in [6.07, 6.45) is 8.21. The van der Waals surface area contributed by atoms with Crippen LogP contribution in [0.3, 0.4) is 0 Å². The van der Waals surface area contributed by atoms with Crippen LogP contribution in [0.25, 0.3) is 0 Å². The van der Waals surface area contributed by atoms with Crippen LogP contribution < -0.4 is 5.32 Å². The third-order valence-corrected chi connectivity index (χ3v) is 2.41. The second-order valence-corrected chi connectivity index (χ2v) is 4.44. The Morgan fingerprint density at radius 2 is 1.60 bits per heavy atom. The topological polar surface area (TPSA) is 21.3 Å². The largest absolute Gasteiger partial charge is 0.379 e. The summed E-state index contributed by atoms with van der Waals surface area (Å²) in [7, 11) is 0. The van der Waals surface area contributed by atoms with Crippen LogP contribution in [0.5, 0.6) is 0 Å². The molecule has 92 valence electrons. The third kappa shape index (κ3) is 13.9. The van der Waals surface area contributed by atoms with Gasteiger partial charge in [-0.25, -0.2) is 0 Å². The number of hydrogen-bond acceptors (Lipinski definition) is 2. The summed E-state index contributed by atoms with van der Waals surface area (Å²) in [6.45, 7) is 9.67. The van der Waals surface area contributed by atoms with E-state index in [0.717, 1.165) is 13.2 Å². The van der Waals surface area contributed by atoms with Crippen molar-refractivity contribution in [3.05, 3.63) is 0 Å². The fourth-order valence-electron chi connectivity index (χ4n) is 1.47. The zero-order valence-electron chi connectivity index (χ0n) is 10.8. The summed E-state index contributed by atoms with van der Waals surface area (Å²) in [5, 5.41) is 3.48. The Morgan fingerprint density at radius 3 is 2.20 bits per heavy atom. The lowest BCUT2D eigenvalue weighted by Crippen LogP contribution is -2.17. The Balaban J connectivity index is 2.87. The molecule has 0 saturated carbocycles. The molecule has 0 aliphatic rings. The first-order valence-corrected chi connectivity index (χ1v) is 6.59. The fourth-order valence-corrected chi connectivity index (χ4v) is 1.47. The molecule has 0 spiro atoms. The van der Waals surface area contributed by atoms with Crippen molar-refractivity contribution in [1.29, 1.82) is 0 Å². The molecular weight excluding hydrogens is 186 g/mol. The SMILES string of the molecule is CCCCCCNCCCCOC(C)C. The van der Waals surface area contributed by atoms with Crippen molar-refractivity contribution in [2.24, 2.45) is 0 Å². The minimum Gasteiger partial charge on any atom is -0.379 e. The lowest BCUT2D eigenvalue weighted by atomic mass is 10.2. The molecule has 0 amide bonds. The van der Waals surface area contributed by atoms with E-state index in [1.54, 1.807) is 0 Å². The average molecular weight is 215 g/mol. The highest BCUT2D eigenvalue weighted by Gasteiger charge is 1.93. The first kappa shape index (κ1) is 14.9. The highest BCUT2D eigenvalue weighted by atomic mass is 16.5. The van der Waals surface area contributed by atoms with Gasteiger partial charge in [-0.1, -0.05) is 26.2 Å². The first-order chi connectivity index (χ1) is 7.27. The van der Waals surface area contributed by atoms with Gasteiger partial charge < -0.3 is 10.1 Å². The summed E-state index contributed by atoms with van der Waals surface area (Å²) < 4.78 is 5.47. The van der Waals surface area contributed by atoms with Crippen molar-refractivity contribution in [1.82, 2.24) is 5.32 Å². The summed E-state index contributed by atoms with van der Waals surface area (Å²) in [6, 6.07) is 0. The molecule has 0 aromatic rings. The number of hydrogen-bond donors (Lipinski definition) is 1. The van der Waals surface area contributed by atoms with Crippen LogP contribution in [0.1, 0.15) is 59.3 Å². The van der Waals surface area contributed by atoms with Crippen molar-refractivity contribution >= 4 is 0 Å². The van der Waals surface area contributed by atoms with Crippen molar-refractivity contribution in [3.63, 3.8) is 0 Å². The average Bonchev–Trinajstić information content (AvgIpc) is 2.20. The van der Waals surface area contributed by atoms with Gasteiger partial charge in [-0.05, 0) is 46.2 Å². The molecule has 0 aromatic heterocycles. The zero-order chi connectivity index (χ0) is 11.4.